The Labute approximate surface area is 185 Å². The van der Waals surface area contributed by atoms with Crippen molar-refractivity contribution >= 4 is 17.7 Å². The number of methoxy groups -OCH3 is 1. The van der Waals surface area contributed by atoms with Crippen molar-refractivity contribution < 1.29 is 28.6 Å². The molecular formula is C25H23NO6. The third kappa shape index (κ3) is 6.18. The van der Waals surface area contributed by atoms with E-state index in [1.807, 2.05) is 30.3 Å². The molecule has 0 spiro atoms. The van der Waals surface area contributed by atoms with Gasteiger partial charge in [0.25, 0.3) is 5.91 Å². The highest BCUT2D eigenvalue weighted by molar-refractivity contribution is 5.96. The normalized spacial score (nSPS) is 10.2. The Kier molecular flexibility index (Phi) is 7.59. The molecule has 1 amide bonds. The van der Waals surface area contributed by atoms with Gasteiger partial charge in [-0.25, -0.2) is 0 Å². The van der Waals surface area contributed by atoms with Gasteiger partial charge in [0.15, 0.2) is 5.78 Å². The van der Waals surface area contributed by atoms with E-state index < -0.39 is 11.9 Å². The summed E-state index contributed by atoms with van der Waals surface area (Å²) in [6.45, 7) is 1.08. The molecule has 0 unspecified atom stereocenters. The zero-order valence-electron chi connectivity index (χ0n) is 17.8. The Morgan fingerprint density at radius 2 is 1.50 bits per heavy atom. The molecule has 0 heterocycles. The van der Waals surface area contributed by atoms with E-state index in [0.29, 0.717) is 33.9 Å². The lowest BCUT2D eigenvalue weighted by Gasteiger charge is -2.11. The number of hydrogen-bond donors (Lipinski definition) is 1. The molecule has 0 fully saturated rings. The fraction of sp³-hybridized carbons (Fsp3) is 0.160. The largest absolute Gasteiger partial charge is 0.496 e. The second kappa shape index (κ2) is 10.8. The van der Waals surface area contributed by atoms with Crippen molar-refractivity contribution in [1.29, 1.82) is 0 Å². The standard InChI is InChI=1S/C25H23NO6/c1-17(27)19-10-13-23(30-2)20(14-19)16-31-24(28)15-26-25(29)18-8-11-22(12-9-18)32-21-6-4-3-5-7-21/h3-14H,15-16H2,1-2H3,(H,26,29). The van der Waals surface area contributed by atoms with E-state index in [-0.39, 0.29) is 18.9 Å². The molecule has 32 heavy (non-hydrogen) atoms. The van der Waals surface area contributed by atoms with Crippen LogP contribution in [0, 0.1) is 0 Å². The van der Waals surface area contributed by atoms with Crippen LogP contribution in [0.25, 0.3) is 0 Å². The molecule has 0 saturated heterocycles. The first kappa shape index (κ1) is 22.6. The SMILES string of the molecule is COc1ccc(C(C)=O)cc1COC(=O)CNC(=O)c1ccc(Oc2ccccc2)cc1. The monoisotopic (exact) mass is 433 g/mol. The number of amides is 1. The van der Waals surface area contributed by atoms with Gasteiger partial charge in [-0.15, -0.1) is 0 Å². The van der Waals surface area contributed by atoms with Crippen LogP contribution < -0.4 is 14.8 Å². The quantitative estimate of drug-likeness (QED) is 0.402. The number of carbonyl (C=O) groups is 3. The molecule has 164 valence electrons. The Morgan fingerprint density at radius 1 is 0.844 bits per heavy atom. The summed E-state index contributed by atoms with van der Waals surface area (Å²) >= 11 is 0. The summed E-state index contributed by atoms with van der Waals surface area (Å²) in [6, 6.07) is 20.8. The fourth-order valence-electron chi connectivity index (χ4n) is 2.87. The third-order valence-electron chi connectivity index (χ3n) is 4.56. The first-order valence-electron chi connectivity index (χ1n) is 9.91. The predicted octanol–water partition coefficient (Wildman–Crippen LogP) is 4.16. The maximum Gasteiger partial charge on any atom is 0.325 e. The number of rotatable bonds is 9. The van der Waals surface area contributed by atoms with Crippen molar-refractivity contribution in [3.8, 4) is 17.2 Å². The van der Waals surface area contributed by atoms with E-state index in [2.05, 4.69) is 5.32 Å². The molecule has 0 aliphatic heterocycles. The lowest BCUT2D eigenvalue weighted by molar-refractivity contribution is -0.143. The van der Waals surface area contributed by atoms with Crippen LogP contribution in [0.4, 0.5) is 0 Å². The summed E-state index contributed by atoms with van der Waals surface area (Å²) in [5, 5.41) is 2.52. The second-order valence-electron chi connectivity index (χ2n) is 6.87. The molecule has 0 bridgehead atoms. The number of carbonyl (C=O) groups excluding carboxylic acids is 3. The van der Waals surface area contributed by atoms with Gasteiger partial charge in [-0.05, 0) is 61.5 Å². The Balaban J connectivity index is 1.50. The van der Waals surface area contributed by atoms with Gasteiger partial charge in [0, 0.05) is 16.7 Å². The molecule has 0 saturated carbocycles. The molecule has 0 atom stereocenters. The number of Topliss-reactive ketones (excluding diaryl/α,β-unsaturated/α-hetero) is 1. The number of ether oxygens (including phenoxy) is 3. The Hall–Kier alpha value is -4.13. The molecule has 0 aliphatic carbocycles. The van der Waals surface area contributed by atoms with Crippen molar-refractivity contribution in [2.24, 2.45) is 0 Å². The van der Waals surface area contributed by atoms with E-state index in [4.69, 9.17) is 14.2 Å². The highest BCUT2D eigenvalue weighted by Gasteiger charge is 2.12. The van der Waals surface area contributed by atoms with Gasteiger partial charge < -0.3 is 19.5 Å². The molecule has 7 heteroatoms. The van der Waals surface area contributed by atoms with Crippen LogP contribution in [0.2, 0.25) is 0 Å². The van der Waals surface area contributed by atoms with E-state index in [1.165, 1.54) is 14.0 Å². The third-order valence-corrected chi connectivity index (χ3v) is 4.56. The minimum Gasteiger partial charge on any atom is -0.496 e. The fourth-order valence-corrected chi connectivity index (χ4v) is 2.87. The molecule has 3 rings (SSSR count). The molecule has 3 aromatic rings. The van der Waals surface area contributed by atoms with Crippen molar-refractivity contribution in [2.45, 2.75) is 13.5 Å². The number of esters is 1. The van der Waals surface area contributed by atoms with Gasteiger partial charge in [0.1, 0.15) is 30.4 Å². The molecule has 0 radical (unpaired) electrons. The minimum atomic E-state index is -0.613. The summed E-state index contributed by atoms with van der Waals surface area (Å²) in [6.07, 6.45) is 0. The first-order chi connectivity index (χ1) is 15.5. The van der Waals surface area contributed by atoms with Crippen LogP contribution in [0.5, 0.6) is 17.2 Å². The molecule has 1 N–H and O–H groups in total. The lowest BCUT2D eigenvalue weighted by Crippen LogP contribution is -2.30. The minimum absolute atomic E-state index is 0.0789. The van der Waals surface area contributed by atoms with Crippen LogP contribution in [0.15, 0.2) is 72.8 Å². The van der Waals surface area contributed by atoms with Crippen LogP contribution >= 0.6 is 0 Å². The predicted molar refractivity (Wildman–Crippen MR) is 118 cm³/mol. The number of nitrogens with one attached hydrogen (secondary N) is 1. The average molecular weight is 433 g/mol. The molecular weight excluding hydrogens is 410 g/mol. The molecule has 3 aromatic carbocycles. The van der Waals surface area contributed by atoms with Crippen LogP contribution in [0.3, 0.4) is 0 Å². The topological polar surface area (TPSA) is 90.9 Å². The summed E-state index contributed by atoms with van der Waals surface area (Å²) in [4.78, 5) is 35.9. The average Bonchev–Trinajstić information content (AvgIpc) is 2.82. The van der Waals surface area contributed by atoms with Gasteiger partial charge in [-0.1, -0.05) is 18.2 Å². The maximum atomic E-state index is 12.3. The van der Waals surface area contributed by atoms with Gasteiger partial charge in [0.2, 0.25) is 0 Å². The summed E-state index contributed by atoms with van der Waals surface area (Å²) in [5.74, 6) is 0.658. The summed E-state index contributed by atoms with van der Waals surface area (Å²) in [5.41, 5.74) is 1.44. The number of para-hydroxylation sites is 1. The summed E-state index contributed by atoms with van der Waals surface area (Å²) < 4.78 is 16.1. The molecule has 7 nitrogen and oxygen atoms in total. The van der Waals surface area contributed by atoms with Crippen molar-refractivity contribution in [3.05, 3.63) is 89.5 Å². The zero-order valence-corrected chi connectivity index (χ0v) is 17.8. The molecule has 0 aliphatic rings. The zero-order chi connectivity index (χ0) is 22.9. The Morgan fingerprint density at radius 3 is 2.16 bits per heavy atom. The van der Waals surface area contributed by atoms with Crippen LogP contribution in [-0.2, 0) is 16.1 Å². The van der Waals surface area contributed by atoms with Gasteiger partial charge >= 0.3 is 5.97 Å². The van der Waals surface area contributed by atoms with E-state index in [0.717, 1.165) is 0 Å². The smallest absolute Gasteiger partial charge is 0.325 e. The van der Waals surface area contributed by atoms with E-state index in [1.54, 1.807) is 42.5 Å². The van der Waals surface area contributed by atoms with Crippen molar-refractivity contribution in [2.75, 3.05) is 13.7 Å². The molecule has 0 aromatic heterocycles. The number of ketones is 1. The summed E-state index contributed by atoms with van der Waals surface area (Å²) in [7, 11) is 1.49. The highest BCUT2D eigenvalue weighted by Crippen LogP contribution is 2.22. The second-order valence-corrected chi connectivity index (χ2v) is 6.87. The number of hydrogen-bond acceptors (Lipinski definition) is 6. The number of benzene rings is 3. The Bertz CT molecular complexity index is 1090. The van der Waals surface area contributed by atoms with E-state index in [9.17, 15) is 14.4 Å². The van der Waals surface area contributed by atoms with Gasteiger partial charge in [-0.3, -0.25) is 14.4 Å². The van der Waals surface area contributed by atoms with Gasteiger partial charge in [-0.2, -0.15) is 0 Å². The lowest BCUT2D eigenvalue weighted by atomic mass is 10.1. The van der Waals surface area contributed by atoms with Crippen molar-refractivity contribution in [3.63, 3.8) is 0 Å². The van der Waals surface area contributed by atoms with Crippen LogP contribution in [-0.4, -0.2) is 31.3 Å². The van der Waals surface area contributed by atoms with Crippen LogP contribution in [0.1, 0.15) is 33.2 Å². The van der Waals surface area contributed by atoms with Gasteiger partial charge in [0.05, 0.1) is 7.11 Å². The maximum absolute atomic E-state index is 12.3. The van der Waals surface area contributed by atoms with Crippen molar-refractivity contribution in [1.82, 2.24) is 5.32 Å². The highest BCUT2D eigenvalue weighted by atomic mass is 16.5. The first-order valence-corrected chi connectivity index (χ1v) is 9.91. The van der Waals surface area contributed by atoms with E-state index >= 15 is 0 Å².